The van der Waals surface area contributed by atoms with Gasteiger partial charge in [-0.15, -0.1) is 0 Å². The second-order valence-electron chi connectivity index (χ2n) is 4.86. The first-order valence-corrected chi connectivity index (χ1v) is 6.23. The van der Waals surface area contributed by atoms with Crippen molar-refractivity contribution in [3.63, 3.8) is 0 Å². The van der Waals surface area contributed by atoms with E-state index >= 15 is 0 Å². The first-order chi connectivity index (χ1) is 9.15. The number of nitro groups is 1. The summed E-state index contributed by atoms with van der Waals surface area (Å²) in [5.41, 5.74) is 5.83. The predicted octanol–water partition coefficient (Wildman–Crippen LogP) is 2.62. The second kappa shape index (κ2) is 4.51. The van der Waals surface area contributed by atoms with Gasteiger partial charge in [0.15, 0.2) is 0 Å². The summed E-state index contributed by atoms with van der Waals surface area (Å²) in [4.78, 5) is 10.6. The van der Waals surface area contributed by atoms with Gasteiger partial charge in [-0.3, -0.25) is 10.1 Å². The highest BCUT2D eigenvalue weighted by Gasteiger charge is 2.28. The maximum atomic E-state index is 11.0. The molecule has 2 aromatic carbocycles. The smallest absolute Gasteiger partial charge is 0.277 e. The van der Waals surface area contributed by atoms with E-state index in [-0.39, 0.29) is 22.8 Å². The minimum atomic E-state index is -0.370. The van der Waals surface area contributed by atoms with Crippen LogP contribution < -0.4 is 10.5 Å². The zero-order chi connectivity index (χ0) is 13.4. The Labute approximate surface area is 110 Å². The zero-order valence-electron chi connectivity index (χ0n) is 10.3. The standard InChI is InChI=1S/C14H14N2O3/c15-9-7-10(8-9)19-14-6-5-13(16(17)18)11-3-1-2-4-12(11)14/h1-6,9-10H,7-8,15H2. The number of benzene rings is 2. The molecule has 3 rings (SSSR count). The van der Waals surface area contributed by atoms with E-state index in [1.165, 1.54) is 6.07 Å². The normalized spacial score (nSPS) is 21.9. The molecule has 1 aliphatic carbocycles. The lowest BCUT2D eigenvalue weighted by molar-refractivity contribution is -0.383. The van der Waals surface area contributed by atoms with Crippen molar-refractivity contribution in [3.8, 4) is 5.75 Å². The van der Waals surface area contributed by atoms with Crippen molar-refractivity contribution in [2.24, 2.45) is 5.73 Å². The molecule has 0 unspecified atom stereocenters. The summed E-state index contributed by atoms with van der Waals surface area (Å²) < 4.78 is 5.87. The van der Waals surface area contributed by atoms with E-state index in [0.717, 1.165) is 18.2 Å². The number of hydrogen-bond donors (Lipinski definition) is 1. The summed E-state index contributed by atoms with van der Waals surface area (Å²) in [6.45, 7) is 0. The molecule has 5 nitrogen and oxygen atoms in total. The van der Waals surface area contributed by atoms with Crippen LogP contribution in [-0.4, -0.2) is 17.1 Å². The Hall–Kier alpha value is -2.14. The van der Waals surface area contributed by atoms with Crippen molar-refractivity contribution in [2.75, 3.05) is 0 Å². The van der Waals surface area contributed by atoms with Gasteiger partial charge in [-0.25, -0.2) is 0 Å². The molecule has 0 aromatic heterocycles. The van der Waals surface area contributed by atoms with Gasteiger partial charge < -0.3 is 10.5 Å². The van der Waals surface area contributed by atoms with Crippen molar-refractivity contribution in [1.82, 2.24) is 0 Å². The number of non-ortho nitro benzene ring substituents is 1. The highest BCUT2D eigenvalue weighted by Crippen LogP contribution is 2.35. The molecular weight excluding hydrogens is 244 g/mol. The molecule has 2 N–H and O–H groups in total. The fraction of sp³-hybridized carbons (Fsp3) is 0.286. The van der Waals surface area contributed by atoms with Crippen molar-refractivity contribution >= 4 is 16.5 Å². The molecule has 0 radical (unpaired) electrons. The largest absolute Gasteiger partial charge is 0.490 e. The lowest BCUT2D eigenvalue weighted by Gasteiger charge is -2.32. The maximum Gasteiger partial charge on any atom is 0.277 e. The summed E-state index contributed by atoms with van der Waals surface area (Å²) in [5, 5.41) is 12.4. The topological polar surface area (TPSA) is 78.4 Å². The molecule has 0 saturated heterocycles. The number of nitro benzene ring substituents is 1. The molecule has 19 heavy (non-hydrogen) atoms. The fourth-order valence-corrected chi connectivity index (χ4v) is 2.40. The van der Waals surface area contributed by atoms with Crippen LogP contribution in [0.3, 0.4) is 0 Å². The zero-order valence-corrected chi connectivity index (χ0v) is 10.3. The molecule has 5 heteroatoms. The Morgan fingerprint density at radius 1 is 1.16 bits per heavy atom. The van der Waals surface area contributed by atoms with Crippen LogP contribution in [0.25, 0.3) is 10.8 Å². The Bertz CT molecular complexity index is 636. The third kappa shape index (κ3) is 2.13. The average Bonchev–Trinajstić information content (AvgIpc) is 2.36. The monoisotopic (exact) mass is 258 g/mol. The molecule has 98 valence electrons. The molecule has 1 fully saturated rings. The van der Waals surface area contributed by atoms with Gasteiger partial charge in [0.25, 0.3) is 5.69 Å². The molecule has 1 aliphatic rings. The van der Waals surface area contributed by atoms with Crippen molar-refractivity contribution in [1.29, 1.82) is 0 Å². The van der Waals surface area contributed by atoms with Gasteiger partial charge in [-0.1, -0.05) is 18.2 Å². The van der Waals surface area contributed by atoms with Crippen molar-refractivity contribution in [3.05, 3.63) is 46.5 Å². The first-order valence-electron chi connectivity index (χ1n) is 6.23. The molecule has 0 bridgehead atoms. The van der Waals surface area contributed by atoms with E-state index in [1.807, 2.05) is 12.1 Å². The summed E-state index contributed by atoms with van der Waals surface area (Å²) in [6.07, 6.45) is 1.80. The van der Waals surface area contributed by atoms with E-state index in [1.54, 1.807) is 18.2 Å². The Morgan fingerprint density at radius 3 is 2.47 bits per heavy atom. The SMILES string of the molecule is NC1CC(Oc2ccc([N+](=O)[O-])c3ccccc23)C1. The summed E-state index contributed by atoms with van der Waals surface area (Å²) >= 11 is 0. The van der Waals surface area contributed by atoms with Gasteiger partial charge >= 0.3 is 0 Å². The lowest BCUT2D eigenvalue weighted by atomic mass is 9.90. The number of rotatable bonds is 3. The summed E-state index contributed by atoms with van der Waals surface area (Å²) in [6, 6.07) is 10.6. The number of nitrogens with zero attached hydrogens (tertiary/aromatic N) is 1. The van der Waals surface area contributed by atoms with E-state index in [2.05, 4.69) is 0 Å². The molecule has 0 heterocycles. The minimum absolute atomic E-state index is 0.105. The van der Waals surface area contributed by atoms with Crippen LogP contribution in [0.5, 0.6) is 5.75 Å². The van der Waals surface area contributed by atoms with E-state index in [0.29, 0.717) is 11.1 Å². The number of hydrogen-bond acceptors (Lipinski definition) is 4. The third-order valence-electron chi connectivity index (χ3n) is 3.48. The van der Waals surface area contributed by atoms with Gasteiger partial charge in [0.05, 0.1) is 10.3 Å². The number of ether oxygens (including phenoxy) is 1. The Kier molecular flexibility index (Phi) is 2.83. The lowest BCUT2D eigenvalue weighted by Crippen LogP contribution is -2.43. The molecular formula is C14H14N2O3. The quantitative estimate of drug-likeness (QED) is 0.678. The van der Waals surface area contributed by atoms with Gasteiger partial charge in [0, 0.05) is 17.5 Å². The number of nitrogens with two attached hydrogens (primary N) is 1. The molecule has 0 aliphatic heterocycles. The molecule has 1 saturated carbocycles. The van der Waals surface area contributed by atoms with Crippen molar-refractivity contribution < 1.29 is 9.66 Å². The van der Waals surface area contributed by atoms with Gasteiger partial charge in [0.1, 0.15) is 11.9 Å². The first kappa shape index (κ1) is 11.9. The fourth-order valence-electron chi connectivity index (χ4n) is 2.40. The van der Waals surface area contributed by atoms with E-state index < -0.39 is 0 Å². The van der Waals surface area contributed by atoms with Gasteiger partial charge in [-0.05, 0) is 25.0 Å². The second-order valence-corrected chi connectivity index (χ2v) is 4.86. The number of fused-ring (bicyclic) bond motifs is 1. The molecule has 2 aromatic rings. The Balaban J connectivity index is 2.01. The summed E-state index contributed by atoms with van der Waals surface area (Å²) in [5.74, 6) is 0.693. The van der Waals surface area contributed by atoms with Crippen LogP contribution in [0.1, 0.15) is 12.8 Å². The molecule has 0 spiro atoms. The van der Waals surface area contributed by atoms with E-state index in [9.17, 15) is 10.1 Å². The highest BCUT2D eigenvalue weighted by molar-refractivity contribution is 5.95. The van der Waals surface area contributed by atoms with Crippen LogP contribution in [0.4, 0.5) is 5.69 Å². The summed E-state index contributed by atoms with van der Waals surface area (Å²) in [7, 11) is 0. The predicted molar refractivity (Wildman–Crippen MR) is 72.2 cm³/mol. The van der Waals surface area contributed by atoms with Gasteiger partial charge in [-0.2, -0.15) is 0 Å². The maximum absolute atomic E-state index is 11.0. The van der Waals surface area contributed by atoms with Crippen LogP contribution >= 0.6 is 0 Å². The van der Waals surface area contributed by atoms with Crippen LogP contribution in [-0.2, 0) is 0 Å². The minimum Gasteiger partial charge on any atom is -0.490 e. The third-order valence-corrected chi connectivity index (χ3v) is 3.48. The Morgan fingerprint density at radius 2 is 1.84 bits per heavy atom. The van der Waals surface area contributed by atoms with Crippen molar-refractivity contribution in [2.45, 2.75) is 25.0 Å². The average molecular weight is 258 g/mol. The van der Waals surface area contributed by atoms with Crippen LogP contribution in [0.15, 0.2) is 36.4 Å². The molecule has 0 atom stereocenters. The van der Waals surface area contributed by atoms with E-state index in [4.69, 9.17) is 10.5 Å². The highest BCUT2D eigenvalue weighted by atomic mass is 16.6. The molecule has 0 amide bonds. The van der Waals surface area contributed by atoms with Crippen LogP contribution in [0, 0.1) is 10.1 Å². The van der Waals surface area contributed by atoms with Gasteiger partial charge in [0.2, 0.25) is 0 Å². The van der Waals surface area contributed by atoms with Crippen LogP contribution in [0.2, 0.25) is 0 Å².